The number of allylic oxidation sites excluding steroid dienone is 1. The molecule has 0 amide bonds. The summed E-state index contributed by atoms with van der Waals surface area (Å²) in [6.07, 6.45) is 5.07. The van der Waals surface area contributed by atoms with E-state index in [0.29, 0.717) is 12.4 Å². The highest BCUT2D eigenvalue weighted by molar-refractivity contribution is 5.95. The second-order valence-electron chi connectivity index (χ2n) is 2.78. The Kier molecular flexibility index (Phi) is 3.85. The van der Waals surface area contributed by atoms with Gasteiger partial charge in [-0.1, -0.05) is 0 Å². The lowest BCUT2D eigenvalue weighted by Crippen LogP contribution is -2.01. The third-order valence-corrected chi connectivity index (χ3v) is 1.65. The molecule has 0 radical (unpaired) electrons. The molecule has 14 heavy (non-hydrogen) atoms. The van der Waals surface area contributed by atoms with Crippen LogP contribution in [0.3, 0.4) is 0 Å². The second-order valence-corrected chi connectivity index (χ2v) is 2.78. The molecule has 1 rings (SSSR count). The van der Waals surface area contributed by atoms with E-state index >= 15 is 0 Å². The lowest BCUT2D eigenvalue weighted by atomic mass is 10.2. The van der Waals surface area contributed by atoms with Gasteiger partial charge in [-0.25, -0.2) is 0 Å². The summed E-state index contributed by atoms with van der Waals surface area (Å²) in [5, 5.41) is 0. The summed E-state index contributed by atoms with van der Waals surface area (Å²) < 4.78 is 5.20. The highest BCUT2D eigenvalue weighted by Gasteiger charge is 2.03. The molecule has 0 N–H and O–H groups in total. The third-order valence-electron chi connectivity index (χ3n) is 1.65. The molecule has 1 aromatic heterocycles. The standard InChI is InChI=1S/C11H13NO2/c1-3-14-11(9(2)13)8-10-4-6-12-7-5-10/h4-8H,3H2,1-2H3/b11-8+. The molecular weight excluding hydrogens is 178 g/mol. The van der Waals surface area contributed by atoms with Gasteiger partial charge in [0.05, 0.1) is 6.61 Å². The Labute approximate surface area is 83.4 Å². The molecule has 3 heteroatoms. The molecule has 0 atom stereocenters. The Morgan fingerprint density at radius 3 is 2.64 bits per heavy atom. The first kappa shape index (κ1) is 10.4. The monoisotopic (exact) mass is 191 g/mol. The number of carbonyl (C=O) groups is 1. The smallest absolute Gasteiger partial charge is 0.194 e. The first-order valence-electron chi connectivity index (χ1n) is 4.49. The molecule has 0 aliphatic heterocycles. The molecule has 0 aliphatic rings. The molecule has 0 saturated carbocycles. The van der Waals surface area contributed by atoms with Gasteiger partial charge in [0.25, 0.3) is 0 Å². The highest BCUT2D eigenvalue weighted by Crippen LogP contribution is 2.07. The Morgan fingerprint density at radius 1 is 1.50 bits per heavy atom. The number of pyridine rings is 1. The van der Waals surface area contributed by atoms with Crippen molar-refractivity contribution in [2.45, 2.75) is 13.8 Å². The normalized spacial score (nSPS) is 11.1. The van der Waals surface area contributed by atoms with Gasteiger partial charge in [-0.2, -0.15) is 0 Å². The van der Waals surface area contributed by atoms with Crippen molar-refractivity contribution < 1.29 is 9.53 Å². The van der Waals surface area contributed by atoms with E-state index in [2.05, 4.69) is 4.98 Å². The predicted molar refractivity (Wildman–Crippen MR) is 54.5 cm³/mol. The molecule has 0 unspecified atom stereocenters. The summed E-state index contributed by atoms with van der Waals surface area (Å²) in [5.74, 6) is 0.322. The minimum absolute atomic E-state index is 0.0661. The summed E-state index contributed by atoms with van der Waals surface area (Å²) in [6, 6.07) is 3.64. The number of ether oxygens (including phenoxy) is 1. The molecule has 0 aliphatic carbocycles. The van der Waals surface area contributed by atoms with Crippen LogP contribution in [-0.4, -0.2) is 17.4 Å². The first-order valence-corrected chi connectivity index (χ1v) is 4.49. The maximum atomic E-state index is 11.1. The number of ketones is 1. The third kappa shape index (κ3) is 3.01. The molecule has 3 nitrogen and oxygen atoms in total. The number of hydrogen-bond donors (Lipinski definition) is 0. The fourth-order valence-electron chi connectivity index (χ4n) is 1.01. The van der Waals surface area contributed by atoms with Crippen LogP contribution in [0.2, 0.25) is 0 Å². The largest absolute Gasteiger partial charge is 0.490 e. The Balaban J connectivity index is 2.88. The van der Waals surface area contributed by atoms with Gasteiger partial charge in [-0.15, -0.1) is 0 Å². The van der Waals surface area contributed by atoms with E-state index in [-0.39, 0.29) is 5.78 Å². The summed E-state index contributed by atoms with van der Waals surface area (Å²) in [4.78, 5) is 15.0. The van der Waals surface area contributed by atoms with Gasteiger partial charge in [0.2, 0.25) is 0 Å². The highest BCUT2D eigenvalue weighted by atomic mass is 16.5. The number of nitrogens with zero attached hydrogens (tertiary/aromatic N) is 1. The van der Waals surface area contributed by atoms with Crippen LogP contribution in [0.15, 0.2) is 30.3 Å². The van der Waals surface area contributed by atoms with E-state index in [1.165, 1.54) is 6.92 Å². The Hall–Kier alpha value is -1.64. The number of hydrogen-bond acceptors (Lipinski definition) is 3. The summed E-state index contributed by atoms with van der Waals surface area (Å²) >= 11 is 0. The van der Waals surface area contributed by atoms with Crippen LogP contribution in [-0.2, 0) is 9.53 Å². The van der Waals surface area contributed by atoms with Gasteiger partial charge in [0.15, 0.2) is 11.5 Å². The minimum Gasteiger partial charge on any atom is -0.490 e. The van der Waals surface area contributed by atoms with E-state index in [4.69, 9.17) is 4.74 Å². The van der Waals surface area contributed by atoms with Crippen LogP contribution in [0.5, 0.6) is 0 Å². The zero-order valence-electron chi connectivity index (χ0n) is 8.36. The summed E-state index contributed by atoms with van der Waals surface area (Å²) in [5.41, 5.74) is 0.915. The average Bonchev–Trinajstić information content (AvgIpc) is 2.18. The van der Waals surface area contributed by atoms with Crippen molar-refractivity contribution in [1.29, 1.82) is 0 Å². The van der Waals surface area contributed by atoms with Crippen LogP contribution in [0.25, 0.3) is 6.08 Å². The van der Waals surface area contributed by atoms with Crippen molar-refractivity contribution in [3.05, 3.63) is 35.8 Å². The molecule has 0 fully saturated rings. The lowest BCUT2D eigenvalue weighted by molar-refractivity contribution is -0.116. The Bertz CT molecular complexity index is 330. The zero-order valence-corrected chi connectivity index (χ0v) is 8.36. The topological polar surface area (TPSA) is 39.2 Å². The van der Waals surface area contributed by atoms with Gasteiger partial charge < -0.3 is 4.74 Å². The van der Waals surface area contributed by atoms with Gasteiger partial charge >= 0.3 is 0 Å². The van der Waals surface area contributed by atoms with Crippen LogP contribution in [0, 0.1) is 0 Å². The predicted octanol–water partition coefficient (Wildman–Crippen LogP) is 2.05. The van der Waals surface area contributed by atoms with Gasteiger partial charge in [0.1, 0.15) is 0 Å². The maximum Gasteiger partial charge on any atom is 0.194 e. The van der Waals surface area contributed by atoms with E-state index < -0.39 is 0 Å². The van der Waals surface area contributed by atoms with Crippen molar-refractivity contribution in [3.63, 3.8) is 0 Å². The molecule has 0 saturated heterocycles. The van der Waals surface area contributed by atoms with E-state index in [0.717, 1.165) is 5.56 Å². The minimum atomic E-state index is -0.0661. The van der Waals surface area contributed by atoms with Gasteiger partial charge in [-0.05, 0) is 30.7 Å². The fourth-order valence-corrected chi connectivity index (χ4v) is 1.01. The number of rotatable bonds is 4. The summed E-state index contributed by atoms with van der Waals surface area (Å²) in [7, 11) is 0. The van der Waals surface area contributed by atoms with Crippen molar-refractivity contribution >= 4 is 11.9 Å². The van der Waals surface area contributed by atoms with E-state index in [1.807, 2.05) is 19.1 Å². The van der Waals surface area contributed by atoms with Gasteiger partial charge in [-0.3, -0.25) is 9.78 Å². The summed E-state index contributed by atoms with van der Waals surface area (Å²) in [6.45, 7) is 3.84. The first-order chi connectivity index (χ1) is 6.74. The molecule has 0 spiro atoms. The van der Waals surface area contributed by atoms with Crippen LogP contribution >= 0.6 is 0 Å². The molecule has 0 bridgehead atoms. The van der Waals surface area contributed by atoms with E-state index in [1.54, 1.807) is 18.5 Å². The number of aromatic nitrogens is 1. The van der Waals surface area contributed by atoms with Crippen LogP contribution in [0.4, 0.5) is 0 Å². The van der Waals surface area contributed by atoms with Crippen molar-refractivity contribution in [2.24, 2.45) is 0 Å². The number of carbonyl (C=O) groups excluding carboxylic acids is 1. The molecular formula is C11H13NO2. The fraction of sp³-hybridized carbons (Fsp3) is 0.273. The molecule has 1 aromatic rings. The van der Waals surface area contributed by atoms with Crippen molar-refractivity contribution in [1.82, 2.24) is 4.98 Å². The van der Waals surface area contributed by atoms with Crippen LogP contribution in [0.1, 0.15) is 19.4 Å². The second kappa shape index (κ2) is 5.17. The molecule has 0 aromatic carbocycles. The SMILES string of the molecule is CCO/C(=C/c1ccncc1)C(C)=O. The molecule has 1 heterocycles. The van der Waals surface area contributed by atoms with Gasteiger partial charge in [0, 0.05) is 19.3 Å². The Morgan fingerprint density at radius 2 is 2.14 bits per heavy atom. The molecule has 74 valence electrons. The quantitative estimate of drug-likeness (QED) is 0.540. The van der Waals surface area contributed by atoms with E-state index in [9.17, 15) is 4.79 Å². The lowest BCUT2D eigenvalue weighted by Gasteiger charge is -2.04. The average molecular weight is 191 g/mol. The van der Waals surface area contributed by atoms with Crippen molar-refractivity contribution in [2.75, 3.05) is 6.61 Å². The van der Waals surface area contributed by atoms with Crippen molar-refractivity contribution in [3.8, 4) is 0 Å². The maximum absolute atomic E-state index is 11.1. The zero-order chi connectivity index (χ0) is 10.4. The van der Waals surface area contributed by atoms with Crippen LogP contribution < -0.4 is 0 Å². The number of Topliss-reactive ketones (excluding diaryl/α,β-unsaturated/α-hetero) is 1.